The summed E-state index contributed by atoms with van der Waals surface area (Å²) in [7, 11) is 0. The van der Waals surface area contributed by atoms with E-state index >= 15 is 0 Å². The monoisotopic (exact) mass is 270 g/mol. The molecule has 0 heterocycles. The van der Waals surface area contributed by atoms with Crippen LogP contribution >= 0.6 is 0 Å². The smallest absolute Gasteiger partial charge is 0.183 e. The summed E-state index contributed by atoms with van der Waals surface area (Å²) in [5.41, 5.74) is 0. The van der Waals surface area contributed by atoms with E-state index in [4.69, 9.17) is 14.0 Å². The summed E-state index contributed by atoms with van der Waals surface area (Å²) in [4.78, 5) is 0. The molecule has 0 fully saturated rings. The van der Waals surface area contributed by atoms with Crippen LogP contribution < -0.4 is 18.9 Å². The molecular formula is C13H7CrLiO3. The third-order valence-electron chi connectivity index (χ3n) is 1.59. The van der Waals surface area contributed by atoms with Crippen LogP contribution in [0.4, 0.5) is 0 Å². The zero-order valence-corrected chi connectivity index (χ0v) is 10.9. The molecule has 0 atom stereocenters. The van der Waals surface area contributed by atoms with Crippen molar-refractivity contribution >= 4 is 10.8 Å². The van der Waals surface area contributed by atoms with E-state index in [0.29, 0.717) is 0 Å². The Balaban J connectivity index is -0.000000109. The average molecular weight is 270 g/mol. The molecule has 2 aromatic carbocycles. The van der Waals surface area contributed by atoms with Gasteiger partial charge in [-0.05, 0) is 0 Å². The number of hydrogen-bond donors (Lipinski definition) is 0. The normalized spacial score (nSPS) is 5.89. The Hall–Kier alpha value is -0.950. The molecule has 0 aliphatic rings. The molecule has 18 heavy (non-hydrogen) atoms. The van der Waals surface area contributed by atoms with E-state index in [2.05, 4.69) is 44.2 Å². The molecule has 5 heteroatoms. The van der Waals surface area contributed by atoms with E-state index in [9.17, 15) is 0 Å². The molecule has 2 aromatic rings. The minimum Gasteiger partial charge on any atom is -0.183 e. The summed E-state index contributed by atoms with van der Waals surface area (Å²) in [5.74, 6) is 0. The molecule has 0 saturated carbocycles. The second kappa shape index (κ2) is 21.3. The molecule has 0 amide bonds. The van der Waals surface area contributed by atoms with Crippen molar-refractivity contribution in [3.63, 3.8) is 0 Å². The molecule has 0 spiro atoms. The van der Waals surface area contributed by atoms with Crippen LogP contribution in [0, 0.1) is 26.0 Å². The van der Waals surface area contributed by atoms with Crippen LogP contribution in [0.5, 0.6) is 0 Å². The number of benzene rings is 2. The van der Waals surface area contributed by atoms with Crippen LogP contribution in [-0.4, -0.2) is 0 Å². The van der Waals surface area contributed by atoms with E-state index in [1.165, 1.54) is 10.8 Å². The molecule has 2 rings (SSSR count). The minimum atomic E-state index is 0. The van der Waals surface area contributed by atoms with Gasteiger partial charge in [0.25, 0.3) is 0 Å². The molecular weight excluding hydrogens is 263 g/mol. The van der Waals surface area contributed by atoms with E-state index < -0.39 is 0 Å². The maximum Gasteiger partial charge on any atom is 1.00 e. The summed E-state index contributed by atoms with van der Waals surface area (Å²) in [5, 5.41) is 2.53. The predicted molar refractivity (Wildman–Crippen MR) is 54.6 cm³/mol. The maximum absolute atomic E-state index is 7.50. The molecule has 84 valence electrons. The standard InChI is InChI=1S/C10H7.3CO.Cr.Li/c1-2-6-10-8-4-3-7-9(10)5-1;3*1-2;;/h1-3,5-8H;;;;;/q-1;;;;;+1. The third-order valence-corrected chi connectivity index (χ3v) is 1.59. The van der Waals surface area contributed by atoms with Crippen molar-refractivity contribution in [2.24, 2.45) is 0 Å². The topological polar surface area (TPSA) is 59.7 Å². The van der Waals surface area contributed by atoms with Crippen molar-refractivity contribution < 1.29 is 50.2 Å². The Morgan fingerprint density at radius 2 is 1.22 bits per heavy atom. The Morgan fingerprint density at radius 3 is 1.67 bits per heavy atom. The van der Waals surface area contributed by atoms with Gasteiger partial charge in [0.15, 0.2) is 0 Å². The average Bonchev–Trinajstić information content (AvgIpc) is 2.45. The molecule has 0 N–H and O–H groups in total. The van der Waals surface area contributed by atoms with Gasteiger partial charge in [0.1, 0.15) is 0 Å². The summed E-state index contributed by atoms with van der Waals surface area (Å²) in [6.07, 6.45) is 0. The first-order chi connectivity index (χ1) is 7.97. The maximum atomic E-state index is 7.50. The van der Waals surface area contributed by atoms with Gasteiger partial charge < -0.3 is 0 Å². The van der Waals surface area contributed by atoms with E-state index in [1.54, 1.807) is 0 Å². The van der Waals surface area contributed by atoms with Gasteiger partial charge in [0, 0.05) is 17.4 Å². The molecule has 0 aliphatic heterocycles. The van der Waals surface area contributed by atoms with Gasteiger partial charge in [-0.2, -0.15) is 24.3 Å². The van der Waals surface area contributed by atoms with Crippen molar-refractivity contribution in [2.45, 2.75) is 0 Å². The fourth-order valence-electron chi connectivity index (χ4n) is 1.07. The Labute approximate surface area is 129 Å². The summed E-state index contributed by atoms with van der Waals surface area (Å²) < 4.78 is 22.5. The molecule has 0 aliphatic carbocycles. The first kappa shape index (κ1) is 25.8. The van der Waals surface area contributed by atoms with Crippen LogP contribution in [0.3, 0.4) is 0 Å². The van der Waals surface area contributed by atoms with E-state index in [-0.39, 0.29) is 36.2 Å². The zero-order valence-electron chi connectivity index (χ0n) is 9.67. The van der Waals surface area contributed by atoms with Crippen molar-refractivity contribution in [1.29, 1.82) is 0 Å². The summed E-state index contributed by atoms with van der Waals surface area (Å²) in [6, 6.07) is 17.3. The number of fused-ring (bicyclic) bond motifs is 1. The fourth-order valence-corrected chi connectivity index (χ4v) is 1.07. The first-order valence-electron chi connectivity index (χ1n) is 3.93. The quantitative estimate of drug-likeness (QED) is 0.353. The molecule has 0 unspecified atom stereocenters. The molecule has 0 saturated heterocycles. The third kappa shape index (κ3) is 10.2. The van der Waals surface area contributed by atoms with Gasteiger partial charge in [-0.3, -0.25) is 0 Å². The second-order valence-electron chi connectivity index (χ2n) is 2.27. The Morgan fingerprint density at radius 1 is 0.778 bits per heavy atom. The molecule has 0 bridgehead atoms. The molecule has 0 radical (unpaired) electrons. The zero-order chi connectivity index (χ0) is 12.8. The first-order valence-corrected chi connectivity index (χ1v) is 3.93. The Bertz CT molecular complexity index is 386. The van der Waals surface area contributed by atoms with Gasteiger partial charge in [0.05, 0.1) is 0 Å². The largest absolute Gasteiger partial charge is 1.00 e. The van der Waals surface area contributed by atoms with Crippen LogP contribution in [-0.2, 0) is 31.3 Å². The molecule has 3 nitrogen and oxygen atoms in total. The fraction of sp³-hybridized carbons (Fsp3) is 0. The number of rotatable bonds is 0. The number of hydrogen-bond acceptors (Lipinski definition) is 0. The Kier molecular flexibility index (Phi) is 30.6. The van der Waals surface area contributed by atoms with Gasteiger partial charge in [-0.15, -0.1) is 16.8 Å². The SMILES string of the molecule is [C-]#[O+].[C-]#[O+].[C-]#[O+].[Cr].[Li+].[c-]1ccc2ccccc2c1. The van der Waals surface area contributed by atoms with Gasteiger partial charge in [-0.25, -0.2) is 0 Å². The van der Waals surface area contributed by atoms with Crippen molar-refractivity contribution in [1.82, 2.24) is 0 Å². The summed E-state index contributed by atoms with van der Waals surface area (Å²) >= 11 is 0. The van der Waals surface area contributed by atoms with Crippen LogP contribution in [0.15, 0.2) is 42.5 Å². The van der Waals surface area contributed by atoms with Crippen LogP contribution in [0.25, 0.3) is 10.8 Å². The second-order valence-corrected chi connectivity index (χ2v) is 2.27. The van der Waals surface area contributed by atoms with E-state index in [0.717, 1.165) is 0 Å². The predicted octanol–water partition coefficient (Wildman–Crippen LogP) is -0.471. The minimum absolute atomic E-state index is 0. The van der Waals surface area contributed by atoms with Crippen molar-refractivity contribution in [3.8, 4) is 0 Å². The van der Waals surface area contributed by atoms with Crippen LogP contribution in [0.1, 0.15) is 0 Å². The van der Waals surface area contributed by atoms with Gasteiger partial charge >= 0.3 is 52.8 Å². The van der Waals surface area contributed by atoms with Gasteiger partial charge in [0.2, 0.25) is 0 Å². The van der Waals surface area contributed by atoms with E-state index in [1.807, 2.05) is 24.3 Å². The molecule has 0 aromatic heterocycles. The van der Waals surface area contributed by atoms with Crippen LogP contribution in [0.2, 0.25) is 0 Å². The summed E-state index contributed by atoms with van der Waals surface area (Å²) in [6.45, 7) is 13.5. The van der Waals surface area contributed by atoms with Gasteiger partial charge in [-0.1, -0.05) is 18.2 Å². The van der Waals surface area contributed by atoms with Crippen molar-refractivity contribution in [3.05, 3.63) is 68.5 Å². The van der Waals surface area contributed by atoms with Crippen molar-refractivity contribution in [2.75, 3.05) is 0 Å².